The van der Waals surface area contributed by atoms with E-state index >= 15 is 0 Å². The molecule has 0 atom stereocenters. The molecule has 2 rings (SSSR count). The first-order chi connectivity index (χ1) is 3.91. The SMILES string of the molecule is [CH]1CC12CCNCC2. The van der Waals surface area contributed by atoms with Crippen molar-refractivity contribution in [2.75, 3.05) is 13.1 Å². The minimum absolute atomic E-state index is 0.741. The summed E-state index contributed by atoms with van der Waals surface area (Å²) in [5.74, 6) is 0. The molecule has 2 aliphatic rings. The van der Waals surface area contributed by atoms with Crippen molar-refractivity contribution in [2.24, 2.45) is 5.41 Å². The molecule has 0 aromatic heterocycles. The van der Waals surface area contributed by atoms with E-state index in [1.54, 1.807) is 0 Å². The third kappa shape index (κ3) is 0.655. The van der Waals surface area contributed by atoms with Crippen LogP contribution in [0.5, 0.6) is 0 Å². The number of hydrogen-bond donors (Lipinski definition) is 1. The van der Waals surface area contributed by atoms with Crippen LogP contribution in [0.3, 0.4) is 0 Å². The van der Waals surface area contributed by atoms with Crippen LogP contribution in [0.4, 0.5) is 0 Å². The summed E-state index contributed by atoms with van der Waals surface area (Å²) in [6.07, 6.45) is 6.66. The van der Waals surface area contributed by atoms with Crippen LogP contribution in [0.1, 0.15) is 19.3 Å². The lowest BCUT2D eigenvalue weighted by atomic mass is 9.95. The van der Waals surface area contributed by atoms with Gasteiger partial charge >= 0.3 is 0 Å². The summed E-state index contributed by atoms with van der Waals surface area (Å²) in [6, 6.07) is 0. The van der Waals surface area contributed by atoms with E-state index in [0.717, 1.165) is 5.41 Å². The van der Waals surface area contributed by atoms with Gasteiger partial charge in [0, 0.05) is 0 Å². The van der Waals surface area contributed by atoms with Crippen molar-refractivity contribution in [1.82, 2.24) is 5.32 Å². The second-order valence-corrected chi connectivity index (χ2v) is 3.02. The topological polar surface area (TPSA) is 12.0 Å². The van der Waals surface area contributed by atoms with E-state index in [2.05, 4.69) is 11.7 Å². The molecule has 8 heavy (non-hydrogen) atoms. The lowest BCUT2D eigenvalue weighted by Gasteiger charge is -2.20. The highest BCUT2D eigenvalue weighted by atomic mass is 14.9. The zero-order chi connectivity index (χ0) is 5.45. The van der Waals surface area contributed by atoms with Crippen LogP contribution in [-0.4, -0.2) is 13.1 Å². The zero-order valence-electron chi connectivity index (χ0n) is 5.11. The molecule has 0 amide bonds. The Morgan fingerprint density at radius 3 is 2.25 bits per heavy atom. The van der Waals surface area contributed by atoms with E-state index in [1.807, 2.05) is 0 Å². The quantitative estimate of drug-likeness (QED) is 0.490. The molecule has 1 nitrogen and oxygen atoms in total. The molecule has 0 aromatic carbocycles. The molecule has 1 radical (unpaired) electrons. The second-order valence-electron chi connectivity index (χ2n) is 3.02. The highest BCUT2D eigenvalue weighted by Crippen LogP contribution is 2.51. The summed E-state index contributed by atoms with van der Waals surface area (Å²) >= 11 is 0. The minimum atomic E-state index is 0.741. The molecule has 1 heteroatoms. The Bertz CT molecular complexity index is 86.6. The van der Waals surface area contributed by atoms with Crippen LogP contribution in [0.15, 0.2) is 0 Å². The van der Waals surface area contributed by atoms with E-state index < -0.39 is 0 Å². The standard InChI is InChI=1S/C7H12N/c1-2-7(1)3-5-8-6-4-7/h1,8H,2-6H2. The molecule has 1 saturated heterocycles. The van der Waals surface area contributed by atoms with Gasteiger partial charge in [-0.15, -0.1) is 0 Å². The number of hydrogen-bond acceptors (Lipinski definition) is 1. The fraction of sp³-hybridized carbons (Fsp3) is 0.857. The van der Waals surface area contributed by atoms with Crippen LogP contribution in [0.2, 0.25) is 0 Å². The van der Waals surface area contributed by atoms with Crippen molar-refractivity contribution in [3.63, 3.8) is 0 Å². The second kappa shape index (κ2) is 1.47. The van der Waals surface area contributed by atoms with E-state index in [0.29, 0.717) is 0 Å². The molecule has 0 unspecified atom stereocenters. The van der Waals surface area contributed by atoms with E-state index in [9.17, 15) is 0 Å². The molecule has 45 valence electrons. The van der Waals surface area contributed by atoms with E-state index in [-0.39, 0.29) is 0 Å². The van der Waals surface area contributed by atoms with Crippen LogP contribution in [0.25, 0.3) is 0 Å². The van der Waals surface area contributed by atoms with Gasteiger partial charge < -0.3 is 5.32 Å². The van der Waals surface area contributed by atoms with Crippen LogP contribution >= 0.6 is 0 Å². The number of rotatable bonds is 0. The van der Waals surface area contributed by atoms with Crippen LogP contribution in [-0.2, 0) is 0 Å². The summed E-state index contributed by atoms with van der Waals surface area (Å²) < 4.78 is 0. The average Bonchev–Trinajstić information content (AvgIpc) is 2.52. The maximum absolute atomic E-state index is 3.36. The predicted molar refractivity (Wildman–Crippen MR) is 33.5 cm³/mol. The van der Waals surface area contributed by atoms with Gasteiger partial charge in [-0.3, -0.25) is 0 Å². The maximum Gasteiger partial charge on any atom is -0.00435 e. The molecular weight excluding hydrogens is 98.1 g/mol. The van der Waals surface area contributed by atoms with Gasteiger partial charge in [0.25, 0.3) is 0 Å². The lowest BCUT2D eigenvalue weighted by molar-refractivity contribution is 0.369. The monoisotopic (exact) mass is 110 g/mol. The van der Waals surface area contributed by atoms with Gasteiger partial charge in [-0.05, 0) is 44.2 Å². The molecule has 2 fully saturated rings. The molecule has 1 aliphatic carbocycles. The van der Waals surface area contributed by atoms with Gasteiger partial charge in [0.2, 0.25) is 0 Å². The summed E-state index contributed by atoms with van der Waals surface area (Å²) in [7, 11) is 0. The largest absolute Gasteiger partial charge is 0.317 e. The van der Waals surface area contributed by atoms with Crippen molar-refractivity contribution in [3.8, 4) is 0 Å². The smallest absolute Gasteiger partial charge is 0.00435 e. The summed E-state index contributed by atoms with van der Waals surface area (Å²) in [4.78, 5) is 0. The first kappa shape index (κ1) is 4.80. The molecule has 1 aliphatic heterocycles. The van der Waals surface area contributed by atoms with Crippen molar-refractivity contribution in [3.05, 3.63) is 6.42 Å². The number of nitrogens with one attached hydrogen (secondary N) is 1. The van der Waals surface area contributed by atoms with Crippen molar-refractivity contribution < 1.29 is 0 Å². The summed E-state index contributed by atoms with van der Waals surface area (Å²) in [5.41, 5.74) is 0.741. The van der Waals surface area contributed by atoms with Crippen molar-refractivity contribution >= 4 is 0 Å². The van der Waals surface area contributed by atoms with E-state index in [1.165, 1.54) is 32.4 Å². The van der Waals surface area contributed by atoms with Gasteiger partial charge in [0.1, 0.15) is 0 Å². The van der Waals surface area contributed by atoms with E-state index in [4.69, 9.17) is 0 Å². The predicted octanol–water partition coefficient (Wildman–Crippen LogP) is 0.964. The molecule has 1 N–H and O–H groups in total. The Morgan fingerprint density at radius 2 is 1.88 bits per heavy atom. The fourth-order valence-corrected chi connectivity index (χ4v) is 1.48. The molecule has 0 aromatic rings. The summed E-state index contributed by atoms with van der Waals surface area (Å²) in [6.45, 7) is 2.49. The first-order valence-corrected chi connectivity index (χ1v) is 3.46. The zero-order valence-corrected chi connectivity index (χ0v) is 5.11. The number of piperidine rings is 1. The summed E-state index contributed by atoms with van der Waals surface area (Å²) in [5, 5.41) is 3.36. The Hall–Kier alpha value is -0.0400. The third-order valence-electron chi connectivity index (χ3n) is 2.38. The third-order valence-corrected chi connectivity index (χ3v) is 2.38. The van der Waals surface area contributed by atoms with Gasteiger partial charge in [-0.1, -0.05) is 0 Å². The maximum atomic E-state index is 3.36. The van der Waals surface area contributed by atoms with Crippen LogP contribution in [0, 0.1) is 11.8 Å². The Balaban J connectivity index is 1.95. The molecular formula is C7H12N. The average molecular weight is 110 g/mol. The molecule has 0 bridgehead atoms. The van der Waals surface area contributed by atoms with Gasteiger partial charge in [-0.25, -0.2) is 0 Å². The van der Waals surface area contributed by atoms with Gasteiger partial charge in [0.15, 0.2) is 0 Å². The van der Waals surface area contributed by atoms with Gasteiger partial charge in [0.05, 0.1) is 0 Å². The molecule has 1 saturated carbocycles. The highest BCUT2D eigenvalue weighted by Gasteiger charge is 2.42. The molecule has 1 spiro atoms. The minimum Gasteiger partial charge on any atom is -0.317 e. The Labute approximate surface area is 50.5 Å². The first-order valence-electron chi connectivity index (χ1n) is 3.46. The van der Waals surface area contributed by atoms with Gasteiger partial charge in [-0.2, -0.15) is 0 Å². The lowest BCUT2D eigenvalue weighted by Crippen LogP contribution is -2.28. The Morgan fingerprint density at radius 1 is 1.25 bits per heavy atom. The highest BCUT2D eigenvalue weighted by molar-refractivity contribution is 5.11. The fourth-order valence-electron chi connectivity index (χ4n) is 1.48. The normalized spacial score (nSPS) is 33.0. The van der Waals surface area contributed by atoms with Crippen molar-refractivity contribution in [2.45, 2.75) is 19.3 Å². The van der Waals surface area contributed by atoms with Crippen molar-refractivity contribution in [1.29, 1.82) is 0 Å². The Kier molecular flexibility index (Phi) is 0.884. The van der Waals surface area contributed by atoms with Crippen LogP contribution < -0.4 is 5.32 Å². The molecule has 1 heterocycles.